The fourth-order valence-electron chi connectivity index (χ4n) is 5.59. The van der Waals surface area contributed by atoms with Crippen LogP contribution in [0.5, 0.6) is 17.4 Å². The van der Waals surface area contributed by atoms with Crippen molar-refractivity contribution in [3.63, 3.8) is 0 Å². The molecule has 210 valence electrons. The van der Waals surface area contributed by atoms with Gasteiger partial charge in [-0.15, -0.1) is 0 Å². The highest BCUT2D eigenvalue weighted by atomic mass is 16.5. The standard InChI is InChI=1S/C31H31N5O5/c1-39-25-14-18-10-12-36-28(22-8-6-11-32-31(22)41-3)27(35-29(36)23(18)15-26(25)40-2)30(38)34-20(17-37)13-19-16-33-24-9-5-4-7-21(19)24/h4-9,11,14-16,20,33,37H,10,12-13,17H2,1-3H3,(H,34,38)/t20-/m1/s1. The van der Waals surface area contributed by atoms with Gasteiger partial charge >= 0.3 is 0 Å². The highest BCUT2D eigenvalue weighted by Crippen LogP contribution is 2.42. The van der Waals surface area contributed by atoms with Crippen LogP contribution in [0.4, 0.5) is 0 Å². The molecule has 1 amide bonds. The lowest BCUT2D eigenvalue weighted by Crippen LogP contribution is -2.39. The van der Waals surface area contributed by atoms with Crippen molar-refractivity contribution in [1.82, 2.24) is 24.8 Å². The fourth-order valence-corrected chi connectivity index (χ4v) is 5.59. The lowest BCUT2D eigenvalue weighted by molar-refractivity contribution is 0.0912. The number of aliphatic hydroxyl groups is 1. The molecule has 0 saturated heterocycles. The molecule has 2 aromatic carbocycles. The van der Waals surface area contributed by atoms with E-state index in [1.165, 1.54) is 0 Å². The van der Waals surface area contributed by atoms with Crippen molar-refractivity contribution >= 4 is 16.8 Å². The average Bonchev–Trinajstić information content (AvgIpc) is 3.61. The summed E-state index contributed by atoms with van der Waals surface area (Å²) in [5, 5.41) is 14.3. The van der Waals surface area contributed by atoms with Crippen LogP contribution >= 0.6 is 0 Å². The molecule has 10 nitrogen and oxygen atoms in total. The maximum Gasteiger partial charge on any atom is 0.272 e. The molecule has 0 radical (unpaired) electrons. The molecule has 10 heteroatoms. The number of pyridine rings is 1. The van der Waals surface area contributed by atoms with Gasteiger partial charge in [-0.3, -0.25) is 4.79 Å². The van der Waals surface area contributed by atoms with Gasteiger partial charge in [0.05, 0.1) is 45.2 Å². The number of ether oxygens (including phenoxy) is 3. The number of amides is 1. The molecular formula is C31H31N5O5. The van der Waals surface area contributed by atoms with E-state index in [9.17, 15) is 9.90 Å². The summed E-state index contributed by atoms with van der Waals surface area (Å²) in [5.41, 5.74) is 5.40. The first-order valence-electron chi connectivity index (χ1n) is 13.4. The summed E-state index contributed by atoms with van der Waals surface area (Å²) >= 11 is 0. The Hall–Kier alpha value is -4.83. The lowest BCUT2D eigenvalue weighted by atomic mass is 9.99. The molecule has 3 aromatic heterocycles. The minimum atomic E-state index is -0.527. The Labute approximate surface area is 236 Å². The fraction of sp³-hybridized carbons (Fsp3) is 0.258. The van der Waals surface area contributed by atoms with Crippen LogP contribution in [-0.4, -0.2) is 64.5 Å². The Balaban J connectivity index is 1.43. The summed E-state index contributed by atoms with van der Waals surface area (Å²) in [7, 11) is 4.75. The summed E-state index contributed by atoms with van der Waals surface area (Å²) in [6.07, 6.45) is 4.71. The van der Waals surface area contributed by atoms with E-state index >= 15 is 0 Å². The van der Waals surface area contributed by atoms with E-state index in [0.717, 1.165) is 27.6 Å². The number of hydrogen-bond acceptors (Lipinski definition) is 7. The van der Waals surface area contributed by atoms with Gasteiger partial charge in [0.15, 0.2) is 17.2 Å². The van der Waals surface area contributed by atoms with Crippen LogP contribution in [0, 0.1) is 0 Å². The molecule has 1 aliphatic rings. The lowest BCUT2D eigenvalue weighted by Gasteiger charge is -2.22. The Kier molecular flexibility index (Phi) is 7.07. The number of carbonyl (C=O) groups excluding carboxylic acids is 1. The number of aromatic nitrogens is 4. The largest absolute Gasteiger partial charge is 0.493 e. The third kappa shape index (κ3) is 4.66. The van der Waals surface area contributed by atoms with E-state index < -0.39 is 11.9 Å². The topological polar surface area (TPSA) is 124 Å². The molecule has 4 heterocycles. The molecule has 0 saturated carbocycles. The van der Waals surface area contributed by atoms with Crippen molar-refractivity contribution in [3.05, 3.63) is 77.7 Å². The maximum atomic E-state index is 13.9. The molecular weight excluding hydrogens is 522 g/mol. The van der Waals surface area contributed by atoms with Gasteiger partial charge in [-0.25, -0.2) is 9.97 Å². The van der Waals surface area contributed by atoms with E-state index in [-0.39, 0.29) is 12.3 Å². The molecule has 1 atom stereocenters. The molecule has 0 spiro atoms. The molecule has 0 unspecified atom stereocenters. The number of aromatic amines is 1. The van der Waals surface area contributed by atoms with Gasteiger partial charge < -0.3 is 34.2 Å². The first-order valence-corrected chi connectivity index (χ1v) is 13.4. The first kappa shape index (κ1) is 26.4. The van der Waals surface area contributed by atoms with E-state index in [1.807, 2.05) is 53.2 Å². The number of rotatable bonds is 9. The van der Waals surface area contributed by atoms with Crippen LogP contribution in [0.3, 0.4) is 0 Å². The van der Waals surface area contributed by atoms with Gasteiger partial charge in [0.2, 0.25) is 5.88 Å². The minimum Gasteiger partial charge on any atom is -0.493 e. The van der Waals surface area contributed by atoms with E-state index in [0.29, 0.717) is 53.8 Å². The van der Waals surface area contributed by atoms with Gasteiger partial charge in [0.25, 0.3) is 5.91 Å². The molecule has 0 fully saturated rings. The van der Waals surface area contributed by atoms with Crippen LogP contribution in [0.15, 0.2) is 60.9 Å². The van der Waals surface area contributed by atoms with Crippen molar-refractivity contribution < 1.29 is 24.1 Å². The molecule has 0 aliphatic carbocycles. The molecule has 6 rings (SSSR count). The van der Waals surface area contributed by atoms with Crippen molar-refractivity contribution in [2.24, 2.45) is 0 Å². The second-order valence-corrected chi connectivity index (χ2v) is 9.88. The Morgan fingerprint density at radius 2 is 1.88 bits per heavy atom. The van der Waals surface area contributed by atoms with E-state index in [4.69, 9.17) is 19.2 Å². The summed E-state index contributed by atoms with van der Waals surface area (Å²) in [6, 6.07) is 14.9. The Morgan fingerprint density at radius 1 is 1.07 bits per heavy atom. The monoisotopic (exact) mass is 553 g/mol. The quantitative estimate of drug-likeness (QED) is 0.252. The summed E-state index contributed by atoms with van der Waals surface area (Å²) in [4.78, 5) is 26.5. The minimum absolute atomic E-state index is 0.228. The Morgan fingerprint density at radius 3 is 2.66 bits per heavy atom. The number of aliphatic hydroxyl groups excluding tert-OH is 1. The van der Waals surface area contributed by atoms with Crippen LogP contribution < -0.4 is 19.5 Å². The summed E-state index contributed by atoms with van der Waals surface area (Å²) in [5.74, 6) is 1.85. The highest BCUT2D eigenvalue weighted by Gasteiger charge is 2.31. The molecule has 1 aliphatic heterocycles. The van der Waals surface area contributed by atoms with Gasteiger partial charge in [0, 0.05) is 35.4 Å². The predicted octanol–water partition coefficient (Wildman–Crippen LogP) is 4.01. The summed E-state index contributed by atoms with van der Waals surface area (Å²) < 4.78 is 18.7. The second-order valence-electron chi connectivity index (χ2n) is 9.88. The second kappa shape index (κ2) is 11.0. The van der Waals surface area contributed by atoms with Crippen molar-refractivity contribution in [1.29, 1.82) is 0 Å². The maximum absolute atomic E-state index is 13.9. The van der Waals surface area contributed by atoms with Gasteiger partial charge in [-0.05, 0) is 54.3 Å². The number of benzene rings is 2. The van der Waals surface area contributed by atoms with Gasteiger partial charge in [0.1, 0.15) is 5.82 Å². The molecule has 5 aromatic rings. The van der Waals surface area contributed by atoms with Crippen LogP contribution in [0.25, 0.3) is 33.5 Å². The third-order valence-corrected chi connectivity index (χ3v) is 7.55. The normalized spacial score (nSPS) is 12.9. The zero-order valence-electron chi connectivity index (χ0n) is 23.1. The van der Waals surface area contributed by atoms with Crippen LogP contribution in [0.1, 0.15) is 21.6 Å². The Bertz CT molecular complexity index is 1740. The highest BCUT2D eigenvalue weighted by molar-refractivity contribution is 6.00. The number of methoxy groups -OCH3 is 3. The van der Waals surface area contributed by atoms with Crippen LogP contribution in [-0.2, 0) is 19.4 Å². The third-order valence-electron chi connectivity index (χ3n) is 7.55. The number of H-pyrrole nitrogens is 1. The number of para-hydroxylation sites is 1. The number of aryl methyl sites for hydroxylation is 1. The molecule has 3 N–H and O–H groups in total. The predicted molar refractivity (Wildman–Crippen MR) is 155 cm³/mol. The van der Waals surface area contributed by atoms with Gasteiger partial charge in [-0.1, -0.05) is 18.2 Å². The molecule has 0 bridgehead atoms. The number of imidazole rings is 1. The van der Waals surface area contributed by atoms with Crippen LogP contribution in [0.2, 0.25) is 0 Å². The molecule has 41 heavy (non-hydrogen) atoms. The van der Waals surface area contributed by atoms with E-state index in [2.05, 4.69) is 15.3 Å². The average molecular weight is 554 g/mol. The number of nitrogens with zero attached hydrogens (tertiary/aromatic N) is 3. The van der Waals surface area contributed by atoms with Crippen molar-refractivity contribution in [2.75, 3.05) is 27.9 Å². The smallest absolute Gasteiger partial charge is 0.272 e. The van der Waals surface area contributed by atoms with E-state index in [1.54, 1.807) is 33.6 Å². The van der Waals surface area contributed by atoms with Crippen molar-refractivity contribution in [3.8, 4) is 40.0 Å². The zero-order chi connectivity index (χ0) is 28.5. The summed E-state index contributed by atoms with van der Waals surface area (Å²) in [6.45, 7) is 0.356. The number of fused-ring (bicyclic) bond motifs is 4. The van der Waals surface area contributed by atoms with Gasteiger partial charge in [-0.2, -0.15) is 0 Å². The zero-order valence-corrected chi connectivity index (χ0v) is 23.1. The number of hydrogen-bond donors (Lipinski definition) is 3. The first-order chi connectivity index (χ1) is 20.1. The SMILES string of the molecule is COc1cc2c(cc1OC)-c1nc(C(=O)N[C@@H](CO)Cc3c[nH]c4ccccc34)c(-c3cccnc3OC)n1CC2. The number of carbonyl (C=O) groups is 1. The van der Waals surface area contributed by atoms with Crippen molar-refractivity contribution in [2.45, 2.75) is 25.4 Å². The number of nitrogens with one attached hydrogen (secondary N) is 2.